The van der Waals surface area contributed by atoms with Gasteiger partial charge in [-0.2, -0.15) is 0 Å². The van der Waals surface area contributed by atoms with Crippen molar-refractivity contribution >= 4 is 29.1 Å². The highest BCUT2D eigenvalue weighted by atomic mass is 35.5. The maximum absolute atomic E-state index is 6.16. The zero-order chi connectivity index (χ0) is 21.6. The largest absolute Gasteiger partial charge is 0.368 e. The molecule has 1 N–H and O–H groups in total. The lowest BCUT2D eigenvalue weighted by Gasteiger charge is -2.38. The smallest absolute Gasteiger partial charge is 0.194 e. The van der Waals surface area contributed by atoms with Gasteiger partial charge >= 0.3 is 0 Å². The molecule has 0 amide bonds. The third-order valence-electron chi connectivity index (χ3n) is 6.07. The number of piperazine rings is 2. The van der Waals surface area contributed by atoms with Crippen molar-refractivity contribution in [1.82, 2.24) is 20.1 Å². The van der Waals surface area contributed by atoms with Gasteiger partial charge in [-0.3, -0.25) is 4.99 Å². The van der Waals surface area contributed by atoms with Gasteiger partial charge in [-0.25, -0.2) is 4.98 Å². The van der Waals surface area contributed by atoms with Crippen LogP contribution in [0, 0.1) is 0 Å². The van der Waals surface area contributed by atoms with E-state index >= 15 is 0 Å². The maximum atomic E-state index is 6.16. The summed E-state index contributed by atoms with van der Waals surface area (Å²) in [6.07, 6.45) is 1.89. The van der Waals surface area contributed by atoms with E-state index in [1.54, 1.807) is 0 Å². The number of anilines is 2. The molecule has 0 bridgehead atoms. The molecule has 0 unspecified atom stereocenters. The molecule has 1 aromatic carbocycles. The van der Waals surface area contributed by atoms with Crippen molar-refractivity contribution in [3.05, 3.63) is 53.2 Å². The van der Waals surface area contributed by atoms with Crippen LogP contribution >= 0.6 is 11.6 Å². The fourth-order valence-corrected chi connectivity index (χ4v) is 4.41. The quantitative estimate of drug-likeness (QED) is 0.580. The van der Waals surface area contributed by atoms with E-state index in [2.05, 4.69) is 49.1 Å². The normalized spacial score (nSPS) is 18.4. The molecule has 0 saturated carbocycles. The SMILES string of the molecule is CN=C(NCc1cccnc1N1CCN(C)CC1)N1CCN(c2cccc(Cl)c2)CC1. The van der Waals surface area contributed by atoms with E-state index in [1.165, 1.54) is 11.3 Å². The summed E-state index contributed by atoms with van der Waals surface area (Å²) in [7, 11) is 4.03. The Morgan fingerprint density at radius 1 is 1.00 bits per heavy atom. The molecule has 0 aliphatic carbocycles. The lowest BCUT2D eigenvalue weighted by molar-refractivity contribution is 0.311. The molecular formula is C23H32ClN7. The summed E-state index contributed by atoms with van der Waals surface area (Å²) in [5.74, 6) is 2.03. The molecular weight excluding hydrogens is 410 g/mol. The van der Waals surface area contributed by atoms with E-state index in [9.17, 15) is 0 Å². The fourth-order valence-electron chi connectivity index (χ4n) is 4.23. The number of rotatable bonds is 4. The van der Waals surface area contributed by atoms with Gasteiger partial charge in [0.15, 0.2) is 5.96 Å². The van der Waals surface area contributed by atoms with Gasteiger partial charge in [-0.1, -0.05) is 23.7 Å². The number of halogens is 1. The molecule has 2 fully saturated rings. The van der Waals surface area contributed by atoms with Crippen molar-refractivity contribution in [3.8, 4) is 0 Å². The molecule has 2 aliphatic heterocycles. The van der Waals surface area contributed by atoms with Crippen molar-refractivity contribution in [2.75, 3.05) is 76.3 Å². The van der Waals surface area contributed by atoms with E-state index in [0.717, 1.165) is 75.7 Å². The van der Waals surface area contributed by atoms with Crippen LogP contribution in [0.4, 0.5) is 11.5 Å². The molecule has 0 atom stereocenters. The standard InChI is InChI=1S/C23H32ClN7/c1-25-23(31-15-13-29(14-16-31)21-7-3-6-20(24)17-21)27-18-19-5-4-8-26-22(19)30-11-9-28(2)10-12-30/h3-8,17H,9-16,18H2,1-2H3,(H,25,27). The predicted octanol–water partition coefficient (Wildman–Crippen LogP) is 2.38. The van der Waals surface area contributed by atoms with Crippen LogP contribution in [0.15, 0.2) is 47.6 Å². The maximum Gasteiger partial charge on any atom is 0.194 e. The fraction of sp³-hybridized carbons (Fsp3) is 0.478. The Morgan fingerprint density at radius 2 is 1.74 bits per heavy atom. The average molecular weight is 442 g/mol. The summed E-state index contributed by atoms with van der Waals surface area (Å²) >= 11 is 6.16. The van der Waals surface area contributed by atoms with Gasteiger partial charge < -0.3 is 24.9 Å². The summed E-state index contributed by atoms with van der Waals surface area (Å²) < 4.78 is 0. The highest BCUT2D eigenvalue weighted by Gasteiger charge is 2.21. The van der Waals surface area contributed by atoms with Crippen LogP contribution in [0.3, 0.4) is 0 Å². The minimum Gasteiger partial charge on any atom is -0.368 e. The van der Waals surface area contributed by atoms with Crippen LogP contribution in [0.1, 0.15) is 5.56 Å². The van der Waals surface area contributed by atoms with Gasteiger partial charge in [0.2, 0.25) is 0 Å². The molecule has 8 heteroatoms. The van der Waals surface area contributed by atoms with Crippen molar-refractivity contribution in [3.63, 3.8) is 0 Å². The zero-order valence-corrected chi connectivity index (χ0v) is 19.2. The Balaban J connectivity index is 1.35. The highest BCUT2D eigenvalue weighted by Crippen LogP contribution is 2.21. The van der Waals surface area contributed by atoms with Crippen LogP contribution in [-0.2, 0) is 6.54 Å². The number of hydrogen-bond donors (Lipinski definition) is 1. The molecule has 2 aromatic rings. The number of hydrogen-bond acceptors (Lipinski definition) is 5. The second kappa shape index (κ2) is 10.2. The molecule has 7 nitrogen and oxygen atoms in total. The monoisotopic (exact) mass is 441 g/mol. The molecule has 0 radical (unpaired) electrons. The van der Waals surface area contributed by atoms with Crippen LogP contribution in [0.2, 0.25) is 5.02 Å². The van der Waals surface area contributed by atoms with Crippen LogP contribution < -0.4 is 15.1 Å². The number of likely N-dealkylation sites (N-methyl/N-ethyl adjacent to an activating group) is 1. The van der Waals surface area contributed by atoms with Crippen molar-refractivity contribution < 1.29 is 0 Å². The van der Waals surface area contributed by atoms with E-state index in [4.69, 9.17) is 16.6 Å². The zero-order valence-electron chi connectivity index (χ0n) is 18.5. The molecule has 3 heterocycles. The molecule has 4 rings (SSSR count). The molecule has 2 aliphatic rings. The molecule has 166 valence electrons. The second-order valence-corrected chi connectivity index (χ2v) is 8.57. The Morgan fingerprint density at radius 3 is 2.45 bits per heavy atom. The Labute approximate surface area is 190 Å². The summed E-state index contributed by atoms with van der Waals surface area (Å²) in [5, 5.41) is 4.35. The first kappa shape index (κ1) is 21.7. The van der Waals surface area contributed by atoms with E-state index in [-0.39, 0.29) is 0 Å². The van der Waals surface area contributed by atoms with Crippen LogP contribution in [0.5, 0.6) is 0 Å². The van der Waals surface area contributed by atoms with Crippen molar-refractivity contribution in [2.24, 2.45) is 4.99 Å². The van der Waals surface area contributed by atoms with E-state index in [1.807, 2.05) is 37.5 Å². The summed E-state index contributed by atoms with van der Waals surface area (Å²) in [5.41, 5.74) is 2.40. The van der Waals surface area contributed by atoms with Crippen LogP contribution in [-0.4, -0.2) is 87.2 Å². The molecule has 1 aromatic heterocycles. The number of nitrogens with zero attached hydrogens (tertiary/aromatic N) is 6. The Bertz CT molecular complexity index is 887. The molecule has 2 saturated heterocycles. The highest BCUT2D eigenvalue weighted by molar-refractivity contribution is 6.30. The topological polar surface area (TPSA) is 50.2 Å². The lowest BCUT2D eigenvalue weighted by atomic mass is 10.2. The summed E-state index contributed by atoms with van der Waals surface area (Å²) in [6.45, 7) is 8.62. The Kier molecular flexibility index (Phi) is 7.14. The van der Waals surface area contributed by atoms with Gasteiger partial charge in [0, 0.05) is 88.4 Å². The number of guanidine groups is 1. The minimum atomic E-state index is 0.719. The van der Waals surface area contributed by atoms with Crippen LogP contribution in [0.25, 0.3) is 0 Å². The molecule has 31 heavy (non-hydrogen) atoms. The molecule has 0 spiro atoms. The predicted molar refractivity (Wildman–Crippen MR) is 129 cm³/mol. The first-order valence-electron chi connectivity index (χ1n) is 11.0. The van der Waals surface area contributed by atoms with Crippen molar-refractivity contribution in [1.29, 1.82) is 0 Å². The van der Waals surface area contributed by atoms with Gasteiger partial charge in [-0.05, 0) is 31.3 Å². The summed E-state index contributed by atoms with van der Waals surface area (Å²) in [4.78, 5) is 18.7. The third kappa shape index (κ3) is 5.40. The first-order valence-corrected chi connectivity index (χ1v) is 11.4. The van der Waals surface area contributed by atoms with E-state index in [0.29, 0.717) is 0 Å². The number of nitrogens with one attached hydrogen (secondary N) is 1. The van der Waals surface area contributed by atoms with Gasteiger partial charge in [0.05, 0.1) is 0 Å². The number of aliphatic imine (C=N–C) groups is 1. The summed E-state index contributed by atoms with van der Waals surface area (Å²) in [6, 6.07) is 12.3. The van der Waals surface area contributed by atoms with Gasteiger partial charge in [0.1, 0.15) is 5.82 Å². The third-order valence-corrected chi connectivity index (χ3v) is 6.31. The second-order valence-electron chi connectivity index (χ2n) is 8.13. The number of aromatic nitrogens is 1. The van der Waals surface area contributed by atoms with Crippen molar-refractivity contribution in [2.45, 2.75) is 6.54 Å². The number of pyridine rings is 1. The minimum absolute atomic E-state index is 0.719. The lowest BCUT2D eigenvalue weighted by Crippen LogP contribution is -2.52. The number of benzene rings is 1. The first-order chi connectivity index (χ1) is 15.1. The van der Waals surface area contributed by atoms with E-state index < -0.39 is 0 Å². The Hall–Kier alpha value is -2.51. The average Bonchev–Trinajstić information content (AvgIpc) is 2.81. The van der Waals surface area contributed by atoms with Gasteiger partial charge in [0.25, 0.3) is 0 Å². The van der Waals surface area contributed by atoms with Gasteiger partial charge in [-0.15, -0.1) is 0 Å².